The highest BCUT2D eigenvalue weighted by Gasteiger charge is 2.64. The number of aliphatic hydroxyl groups excluding tert-OH is 2. The molecule has 10 heteroatoms. The number of carbonyl (C=O) groups excluding carboxylic acids is 3. The molecule has 6 N–H and O–H groups in total. The molecule has 38 heavy (non-hydrogen) atoms. The van der Waals surface area contributed by atoms with Gasteiger partial charge in [-0.05, 0) is 62.9 Å². The number of phenols is 1. The van der Waals surface area contributed by atoms with Crippen LogP contribution in [-0.4, -0.2) is 82.6 Å². The van der Waals surface area contributed by atoms with Gasteiger partial charge in [-0.3, -0.25) is 19.3 Å². The largest absolute Gasteiger partial charge is 0.508 e. The van der Waals surface area contributed by atoms with Gasteiger partial charge < -0.3 is 31.1 Å². The number of nitrogens with zero attached hydrogens (tertiary/aromatic N) is 2. The smallest absolute Gasteiger partial charge is 0.255 e. The number of phenolic OH excluding ortho intramolecular Hbond substituents is 1. The van der Waals surface area contributed by atoms with Crippen molar-refractivity contribution in [3.8, 4) is 5.75 Å². The Labute approximate surface area is 222 Å². The van der Waals surface area contributed by atoms with Crippen LogP contribution in [0, 0.1) is 11.8 Å². The van der Waals surface area contributed by atoms with E-state index >= 15 is 0 Å². The molecular formula is C28H37N3O7. The maximum Gasteiger partial charge on any atom is 0.255 e. The number of primary amides is 1. The maximum absolute atomic E-state index is 14.0. The van der Waals surface area contributed by atoms with Gasteiger partial charge in [0.2, 0.25) is 5.78 Å². The Kier molecular flexibility index (Phi) is 7.09. The second-order valence-electron chi connectivity index (χ2n) is 11.1. The zero-order valence-corrected chi connectivity index (χ0v) is 22.5. The van der Waals surface area contributed by atoms with E-state index in [-0.39, 0.29) is 29.7 Å². The molecule has 0 bridgehead atoms. The lowest BCUT2D eigenvalue weighted by Crippen LogP contribution is -2.65. The number of Topliss-reactive ketones (excluding diaryl/α,β-unsaturated/α-hetero) is 2. The first-order valence-corrected chi connectivity index (χ1v) is 13.0. The number of rotatable bonds is 7. The number of unbranched alkanes of at least 4 members (excludes halogenated alkanes) is 2. The fraction of sp³-hybridized carbons (Fsp3) is 0.536. The minimum atomic E-state index is -2.64. The molecule has 0 aromatic heterocycles. The van der Waals surface area contributed by atoms with Crippen molar-refractivity contribution >= 4 is 28.9 Å². The van der Waals surface area contributed by atoms with E-state index in [2.05, 4.69) is 6.92 Å². The molecule has 0 radical (unpaired) electrons. The highest BCUT2D eigenvalue weighted by molar-refractivity contribution is 6.24. The van der Waals surface area contributed by atoms with Crippen molar-refractivity contribution < 1.29 is 34.8 Å². The Morgan fingerprint density at radius 1 is 1.13 bits per heavy atom. The summed E-state index contributed by atoms with van der Waals surface area (Å²) in [7, 11) is 6.88. The van der Waals surface area contributed by atoms with Crippen molar-refractivity contribution in [2.75, 3.05) is 33.1 Å². The van der Waals surface area contributed by atoms with Crippen LogP contribution in [0.5, 0.6) is 5.75 Å². The van der Waals surface area contributed by atoms with Crippen molar-refractivity contribution in [2.45, 2.75) is 57.1 Å². The molecule has 0 spiro atoms. The van der Waals surface area contributed by atoms with Crippen molar-refractivity contribution in [1.29, 1.82) is 0 Å². The Balaban J connectivity index is 1.95. The minimum Gasteiger partial charge on any atom is -0.508 e. The number of aliphatic hydroxyl groups is 3. The number of carbonyl (C=O) groups is 3. The molecule has 4 rings (SSSR count). The van der Waals surface area contributed by atoms with Gasteiger partial charge >= 0.3 is 0 Å². The van der Waals surface area contributed by atoms with E-state index in [4.69, 9.17) is 5.73 Å². The molecule has 1 aromatic rings. The van der Waals surface area contributed by atoms with Crippen LogP contribution in [0.15, 0.2) is 23.0 Å². The molecule has 1 saturated carbocycles. The predicted octanol–water partition coefficient (Wildman–Crippen LogP) is 1.76. The second-order valence-corrected chi connectivity index (χ2v) is 11.1. The third kappa shape index (κ3) is 3.89. The SMILES string of the molecule is CCCCCc1cc(N(C)C)c2c(c1O)C(O)=C1C(=O)[C@]3(O)C(O)=C(C(N)=O)C(=O)[C@@H](N(C)C)[C@@H]3C[C@@H]1C2. The fourth-order valence-corrected chi connectivity index (χ4v) is 6.50. The van der Waals surface area contributed by atoms with Gasteiger partial charge in [0.25, 0.3) is 5.91 Å². The number of hydrogen-bond donors (Lipinski definition) is 5. The molecule has 1 fully saturated rings. The lowest BCUT2D eigenvalue weighted by atomic mass is 9.57. The number of fused-ring (bicyclic) bond motifs is 3. The van der Waals surface area contributed by atoms with E-state index in [1.165, 1.54) is 4.90 Å². The van der Waals surface area contributed by atoms with Crippen LogP contribution in [0.25, 0.3) is 5.76 Å². The average Bonchev–Trinajstić information content (AvgIpc) is 2.82. The summed E-state index contributed by atoms with van der Waals surface area (Å²) in [6, 6.07) is 0.805. The first-order chi connectivity index (χ1) is 17.8. The molecule has 1 amide bonds. The molecule has 3 aliphatic carbocycles. The fourth-order valence-electron chi connectivity index (χ4n) is 6.50. The van der Waals surface area contributed by atoms with E-state index in [9.17, 15) is 34.8 Å². The number of aryl methyl sites for hydroxylation is 1. The van der Waals surface area contributed by atoms with Gasteiger partial charge in [0.05, 0.1) is 11.6 Å². The first-order valence-electron chi connectivity index (χ1n) is 13.0. The van der Waals surface area contributed by atoms with E-state index in [0.29, 0.717) is 17.5 Å². The Bertz CT molecular complexity index is 1280. The molecule has 4 atom stereocenters. The van der Waals surface area contributed by atoms with E-state index < -0.39 is 58.0 Å². The van der Waals surface area contributed by atoms with Gasteiger partial charge in [-0.25, -0.2) is 0 Å². The number of ketones is 2. The lowest BCUT2D eigenvalue weighted by Gasteiger charge is -2.50. The Hall–Kier alpha value is -3.37. The van der Waals surface area contributed by atoms with E-state index in [0.717, 1.165) is 24.9 Å². The third-order valence-electron chi connectivity index (χ3n) is 8.31. The molecule has 0 aliphatic heterocycles. The highest BCUT2D eigenvalue weighted by atomic mass is 16.3. The number of aromatic hydroxyl groups is 1. The summed E-state index contributed by atoms with van der Waals surface area (Å²) in [6.45, 7) is 2.08. The number of benzene rings is 1. The first kappa shape index (κ1) is 27.7. The van der Waals surface area contributed by atoms with Gasteiger partial charge in [0.1, 0.15) is 22.8 Å². The summed E-state index contributed by atoms with van der Waals surface area (Å²) < 4.78 is 0. The summed E-state index contributed by atoms with van der Waals surface area (Å²) in [5, 5.41) is 45.4. The van der Waals surface area contributed by atoms with Crippen LogP contribution in [0.3, 0.4) is 0 Å². The zero-order chi connectivity index (χ0) is 28.3. The maximum atomic E-state index is 14.0. The van der Waals surface area contributed by atoms with E-state index in [1.54, 1.807) is 14.1 Å². The molecule has 10 nitrogen and oxygen atoms in total. The number of likely N-dealkylation sites (N-methyl/N-ethyl adjacent to an activating group) is 1. The number of anilines is 1. The quantitative estimate of drug-likeness (QED) is 0.262. The molecular weight excluding hydrogens is 490 g/mol. The average molecular weight is 528 g/mol. The van der Waals surface area contributed by atoms with E-state index in [1.807, 2.05) is 25.1 Å². The standard InChI is InChI=1S/C28H37N3O7/c1-6-7-8-9-13-12-17(30(2)3)15-10-14-11-16-21(31(4)5)24(34)20(27(29)37)26(36)28(16,38)25(35)18(14)23(33)19(15)22(13)32/h12,14,16,21,32-33,36,38H,6-11H2,1-5H3,(H2,29,37)/t14-,16-,21-,28-/m0/s1. The lowest BCUT2D eigenvalue weighted by molar-refractivity contribution is -0.153. The van der Waals surface area contributed by atoms with Crippen LogP contribution < -0.4 is 10.6 Å². The molecule has 206 valence electrons. The molecule has 0 heterocycles. The van der Waals surface area contributed by atoms with Crippen LogP contribution in [-0.2, 0) is 27.2 Å². The summed E-state index contributed by atoms with van der Waals surface area (Å²) >= 11 is 0. The second kappa shape index (κ2) is 9.74. The topological polar surface area (TPSA) is 165 Å². The van der Waals surface area contributed by atoms with Gasteiger partial charge in [0, 0.05) is 31.3 Å². The molecule has 3 aliphatic rings. The predicted molar refractivity (Wildman–Crippen MR) is 142 cm³/mol. The van der Waals surface area contributed by atoms with Gasteiger partial charge in [-0.2, -0.15) is 0 Å². The number of amides is 1. The van der Waals surface area contributed by atoms with Gasteiger partial charge in [0.15, 0.2) is 11.4 Å². The van der Waals surface area contributed by atoms with Crippen molar-refractivity contribution in [1.82, 2.24) is 4.90 Å². The monoisotopic (exact) mass is 527 g/mol. The van der Waals surface area contributed by atoms with Crippen LogP contribution in [0.4, 0.5) is 5.69 Å². The van der Waals surface area contributed by atoms with Crippen molar-refractivity contribution in [2.24, 2.45) is 17.6 Å². The third-order valence-corrected chi connectivity index (χ3v) is 8.31. The Morgan fingerprint density at radius 3 is 2.34 bits per heavy atom. The Morgan fingerprint density at radius 2 is 1.79 bits per heavy atom. The molecule has 0 saturated heterocycles. The summed E-state index contributed by atoms with van der Waals surface area (Å²) in [6.07, 6.45) is 3.72. The highest BCUT2D eigenvalue weighted by Crippen LogP contribution is 2.54. The van der Waals surface area contributed by atoms with Gasteiger partial charge in [-0.15, -0.1) is 0 Å². The zero-order valence-electron chi connectivity index (χ0n) is 22.5. The minimum absolute atomic E-state index is 0.0671. The normalized spacial score (nSPS) is 26.9. The van der Waals surface area contributed by atoms with Crippen LogP contribution >= 0.6 is 0 Å². The molecule has 1 aromatic carbocycles. The summed E-state index contributed by atoms with van der Waals surface area (Å²) in [5.74, 6) is -6.36. The van der Waals surface area contributed by atoms with Crippen LogP contribution in [0.1, 0.15) is 49.3 Å². The summed E-state index contributed by atoms with van der Waals surface area (Å²) in [4.78, 5) is 42.7. The van der Waals surface area contributed by atoms with Crippen LogP contribution in [0.2, 0.25) is 0 Å². The number of hydrogen-bond acceptors (Lipinski definition) is 9. The molecule has 0 unspecified atom stereocenters. The summed E-state index contributed by atoms with van der Waals surface area (Å²) in [5.41, 5.74) is 4.02. The number of nitrogens with two attached hydrogens (primary N) is 1. The van der Waals surface area contributed by atoms with Gasteiger partial charge in [-0.1, -0.05) is 19.8 Å². The van der Waals surface area contributed by atoms with Crippen molar-refractivity contribution in [3.05, 3.63) is 39.7 Å². The van der Waals surface area contributed by atoms with Crippen molar-refractivity contribution in [3.63, 3.8) is 0 Å².